The molecule has 1 atom stereocenters. The molecule has 3 rings (SSSR count). The number of likely N-dealkylation sites (tertiary alicyclic amines) is 1. The van der Waals surface area contributed by atoms with Crippen LogP contribution < -0.4 is 0 Å². The molecule has 1 aliphatic rings. The molecule has 1 fully saturated rings. The maximum Gasteiger partial charge on any atom is 0.311 e. The summed E-state index contributed by atoms with van der Waals surface area (Å²) >= 11 is 0. The Bertz CT molecular complexity index is 690. The first-order chi connectivity index (χ1) is 11.1. The summed E-state index contributed by atoms with van der Waals surface area (Å²) in [5.41, 5.74) is 0.389. The number of esters is 1. The van der Waals surface area contributed by atoms with Crippen molar-refractivity contribution in [2.24, 2.45) is 5.92 Å². The molecule has 0 aliphatic carbocycles. The van der Waals surface area contributed by atoms with E-state index in [2.05, 4.69) is 4.98 Å². The van der Waals surface area contributed by atoms with Crippen LogP contribution in [-0.4, -0.2) is 40.7 Å². The minimum atomic E-state index is -0.547. The lowest BCUT2D eigenvalue weighted by atomic mass is 10.1. The summed E-state index contributed by atoms with van der Waals surface area (Å²) in [6.07, 6.45) is 3.25. The Morgan fingerprint density at radius 3 is 2.91 bits per heavy atom. The second kappa shape index (κ2) is 6.51. The first-order valence-electron chi connectivity index (χ1n) is 7.27. The maximum absolute atomic E-state index is 12.0. The van der Waals surface area contributed by atoms with E-state index in [4.69, 9.17) is 9.15 Å². The monoisotopic (exact) mass is 316 g/mol. The van der Waals surface area contributed by atoms with Gasteiger partial charge in [-0.05, 0) is 24.3 Å². The number of ketones is 1. The van der Waals surface area contributed by atoms with Crippen LogP contribution in [0.5, 0.6) is 0 Å². The molecule has 2 aromatic heterocycles. The van der Waals surface area contributed by atoms with E-state index in [0.29, 0.717) is 18.0 Å². The minimum absolute atomic E-state index is 0.0935. The summed E-state index contributed by atoms with van der Waals surface area (Å²) in [6, 6.07) is 6.82. The second-order valence-electron chi connectivity index (χ2n) is 5.37. The Labute approximate surface area is 132 Å². The van der Waals surface area contributed by atoms with Crippen molar-refractivity contribution in [3.63, 3.8) is 0 Å². The van der Waals surface area contributed by atoms with Crippen LogP contribution in [0, 0.1) is 5.92 Å². The number of nitrogens with one attached hydrogen (secondary N) is 1. The Hall–Kier alpha value is -2.83. The molecule has 0 bridgehead atoms. The second-order valence-corrected chi connectivity index (χ2v) is 5.37. The van der Waals surface area contributed by atoms with Crippen LogP contribution in [0.25, 0.3) is 0 Å². The van der Waals surface area contributed by atoms with Gasteiger partial charge >= 0.3 is 5.97 Å². The van der Waals surface area contributed by atoms with Gasteiger partial charge in [0.05, 0.1) is 24.4 Å². The third-order valence-corrected chi connectivity index (χ3v) is 3.72. The molecule has 0 spiro atoms. The van der Waals surface area contributed by atoms with Crippen molar-refractivity contribution in [3.8, 4) is 0 Å². The fourth-order valence-corrected chi connectivity index (χ4v) is 2.51. The highest BCUT2D eigenvalue weighted by Gasteiger charge is 2.35. The predicted octanol–water partition coefficient (Wildman–Crippen LogP) is 1.38. The summed E-state index contributed by atoms with van der Waals surface area (Å²) in [5, 5.41) is 0. The molecule has 1 amide bonds. The van der Waals surface area contributed by atoms with Crippen LogP contribution in [0.3, 0.4) is 0 Å². The summed E-state index contributed by atoms with van der Waals surface area (Å²) in [6.45, 7) is 0.272. The highest BCUT2D eigenvalue weighted by atomic mass is 16.5. The number of aromatic nitrogens is 1. The average Bonchev–Trinajstić information content (AvgIpc) is 3.27. The normalized spacial score (nSPS) is 17.5. The van der Waals surface area contributed by atoms with E-state index >= 15 is 0 Å². The third kappa shape index (κ3) is 3.50. The molecule has 0 unspecified atom stereocenters. The lowest BCUT2D eigenvalue weighted by Gasteiger charge is -2.14. The number of aromatic amines is 1. The van der Waals surface area contributed by atoms with E-state index in [1.165, 1.54) is 6.26 Å². The van der Waals surface area contributed by atoms with Crippen molar-refractivity contribution in [2.45, 2.75) is 13.0 Å². The highest BCUT2D eigenvalue weighted by molar-refractivity contribution is 5.96. The molecule has 1 saturated heterocycles. The highest BCUT2D eigenvalue weighted by Crippen LogP contribution is 2.21. The fraction of sp³-hybridized carbons (Fsp3) is 0.312. The van der Waals surface area contributed by atoms with Gasteiger partial charge in [-0.2, -0.15) is 0 Å². The molecular formula is C16H16N2O5. The fourth-order valence-electron chi connectivity index (χ4n) is 2.51. The van der Waals surface area contributed by atoms with Gasteiger partial charge in [-0.25, -0.2) is 0 Å². The van der Waals surface area contributed by atoms with E-state index in [-0.39, 0.29) is 31.3 Å². The van der Waals surface area contributed by atoms with Crippen molar-refractivity contribution >= 4 is 17.7 Å². The Morgan fingerprint density at radius 1 is 1.35 bits per heavy atom. The van der Waals surface area contributed by atoms with Crippen molar-refractivity contribution in [2.75, 3.05) is 13.2 Å². The van der Waals surface area contributed by atoms with E-state index in [1.54, 1.807) is 35.4 Å². The predicted molar refractivity (Wildman–Crippen MR) is 78.3 cm³/mol. The molecule has 120 valence electrons. The number of rotatable bonds is 6. The van der Waals surface area contributed by atoms with Gasteiger partial charge in [-0.3, -0.25) is 14.4 Å². The largest absolute Gasteiger partial charge is 0.467 e. The van der Waals surface area contributed by atoms with E-state index < -0.39 is 11.9 Å². The number of carbonyl (C=O) groups excluding carboxylic acids is 3. The van der Waals surface area contributed by atoms with Crippen LogP contribution in [-0.2, 0) is 20.9 Å². The summed E-state index contributed by atoms with van der Waals surface area (Å²) in [5.74, 6) is -0.845. The molecule has 0 saturated carbocycles. The van der Waals surface area contributed by atoms with Crippen LogP contribution >= 0.6 is 0 Å². The van der Waals surface area contributed by atoms with Crippen LogP contribution in [0.4, 0.5) is 0 Å². The Kier molecular flexibility index (Phi) is 4.27. The maximum atomic E-state index is 12.0. The number of carbonyl (C=O) groups is 3. The SMILES string of the molecule is O=C(COC(=O)[C@@H]1CC(=O)N(Cc2ccco2)C1)c1ccc[nH]1. The number of hydrogen-bond acceptors (Lipinski definition) is 5. The number of ether oxygens (including phenoxy) is 1. The molecule has 23 heavy (non-hydrogen) atoms. The number of Topliss-reactive ketones (excluding diaryl/α,β-unsaturated/α-hetero) is 1. The van der Waals surface area contributed by atoms with E-state index in [1.807, 2.05) is 0 Å². The van der Waals surface area contributed by atoms with Gasteiger partial charge in [0.15, 0.2) is 6.61 Å². The van der Waals surface area contributed by atoms with Crippen molar-refractivity contribution in [3.05, 3.63) is 48.2 Å². The average molecular weight is 316 g/mol. The van der Waals surface area contributed by atoms with Gasteiger partial charge in [-0.1, -0.05) is 0 Å². The first kappa shape index (κ1) is 15.1. The third-order valence-electron chi connectivity index (χ3n) is 3.72. The molecule has 0 aromatic carbocycles. The molecule has 0 radical (unpaired) electrons. The van der Waals surface area contributed by atoms with Crippen LogP contribution in [0.2, 0.25) is 0 Å². The van der Waals surface area contributed by atoms with Gasteiger partial charge in [0.2, 0.25) is 11.7 Å². The zero-order chi connectivity index (χ0) is 16.2. The number of amides is 1. The zero-order valence-electron chi connectivity index (χ0n) is 12.4. The summed E-state index contributed by atoms with van der Waals surface area (Å²) < 4.78 is 10.2. The van der Waals surface area contributed by atoms with E-state index in [9.17, 15) is 14.4 Å². The van der Waals surface area contributed by atoms with Gasteiger partial charge in [0.25, 0.3) is 0 Å². The van der Waals surface area contributed by atoms with Gasteiger partial charge in [-0.15, -0.1) is 0 Å². The minimum Gasteiger partial charge on any atom is -0.467 e. The Balaban J connectivity index is 1.50. The number of hydrogen-bond donors (Lipinski definition) is 1. The smallest absolute Gasteiger partial charge is 0.311 e. The molecule has 7 heteroatoms. The molecule has 1 aliphatic heterocycles. The van der Waals surface area contributed by atoms with E-state index in [0.717, 1.165) is 0 Å². The quantitative estimate of drug-likeness (QED) is 0.642. The molecular weight excluding hydrogens is 300 g/mol. The lowest BCUT2D eigenvalue weighted by molar-refractivity contribution is -0.147. The van der Waals surface area contributed by atoms with Crippen LogP contribution in [0.1, 0.15) is 22.7 Å². The van der Waals surface area contributed by atoms with Crippen molar-refractivity contribution < 1.29 is 23.5 Å². The molecule has 1 N–H and O–H groups in total. The standard InChI is InChI=1S/C16H16N2O5/c19-14(13-4-1-5-17-13)10-23-16(21)11-7-15(20)18(8-11)9-12-3-2-6-22-12/h1-6,11,17H,7-10H2/t11-/m1/s1. The molecule has 2 aromatic rings. The van der Waals surface area contributed by atoms with Gasteiger partial charge in [0, 0.05) is 19.2 Å². The first-order valence-corrected chi connectivity index (χ1v) is 7.27. The lowest BCUT2D eigenvalue weighted by Crippen LogP contribution is -2.27. The summed E-state index contributed by atoms with van der Waals surface area (Å²) in [7, 11) is 0. The number of nitrogens with zero attached hydrogens (tertiary/aromatic N) is 1. The summed E-state index contributed by atoms with van der Waals surface area (Å²) in [4.78, 5) is 40.0. The van der Waals surface area contributed by atoms with Crippen molar-refractivity contribution in [1.82, 2.24) is 9.88 Å². The molecule has 7 nitrogen and oxygen atoms in total. The van der Waals surface area contributed by atoms with Crippen LogP contribution in [0.15, 0.2) is 41.1 Å². The number of furan rings is 1. The topological polar surface area (TPSA) is 92.6 Å². The van der Waals surface area contributed by atoms with Gasteiger partial charge in [0.1, 0.15) is 5.76 Å². The number of H-pyrrole nitrogens is 1. The van der Waals surface area contributed by atoms with Gasteiger partial charge < -0.3 is 19.0 Å². The molecule has 3 heterocycles. The van der Waals surface area contributed by atoms with Crippen molar-refractivity contribution in [1.29, 1.82) is 0 Å². The Morgan fingerprint density at radius 2 is 2.22 bits per heavy atom. The zero-order valence-corrected chi connectivity index (χ0v) is 12.4.